The van der Waals surface area contributed by atoms with Crippen molar-refractivity contribution in [2.75, 3.05) is 7.11 Å². The lowest BCUT2D eigenvalue weighted by atomic mass is 10.1. The number of hydrogen-bond donors (Lipinski definition) is 1. The smallest absolute Gasteiger partial charge is 0.337 e. The maximum absolute atomic E-state index is 11.4. The molecule has 108 valence electrons. The van der Waals surface area contributed by atoms with E-state index in [9.17, 15) is 4.79 Å². The minimum atomic E-state index is -0.321. The van der Waals surface area contributed by atoms with Gasteiger partial charge < -0.3 is 15.4 Å². The third kappa shape index (κ3) is 3.48. The fourth-order valence-electron chi connectivity index (χ4n) is 2.66. The molecule has 20 heavy (non-hydrogen) atoms. The van der Waals surface area contributed by atoms with Crippen molar-refractivity contribution < 1.29 is 9.53 Å². The van der Waals surface area contributed by atoms with Crippen molar-refractivity contribution in [2.45, 2.75) is 38.3 Å². The molecule has 0 bridgehead atoms. The van der Waals surface area contributed by atoms with Crippen molar-refractivity contribution in [1.82, 2.24) is 4.90 Å². The minimum Gasteiger partial charge on any atom is -0.465 e. The first-order chi connectivity index (χ1) is 9.61. The SMILES string of the molecule is COC(=O)c1ccc(CN(C(N)=S)C2CCCC2)cc1. The number of thiocarbonyl (C=S) groups is 1. The second kappa shape index (κ2) is 6.70. The number of nitrogens with two attached hydrogens (primary N) is 1. The molecular weight excluding hydrogens is 272 g/mol. The van der Waals surface area contributed by atoms with Crippen LogP contribution in [-0.4, -0.2) is 29.1 Å². The van der Waals surface area contributed by atoms with Gasteiger partial charge in [-0.1, -0.05) is 25.0 Å². The van der Waals surface area contributed by atoms with E-state index in [1.165, 1.54) is 20.0 Å². The summed E-state index contributed by atoms with van der Waals surface area (Å²) >= 11 is 5.17. The summed E-state index contributed by atoms with van der Waals surface area (Å²) < 4.78 is 4.69. The normalized spacial score (nSPS) is 15.1. The zero-order valence-electron chi connectivity index (χ0n) is 11.7. The highest BCUT2D eigenvalue weighted by atomic mass is 32.1. The van der Waals surface area contributed by atoms with Crippen molar-refractivity contribution in [1.29, 1.82) is 0 Å². The van der Waals surface area contributed by atoms with Crippen molar-refractivity contribution in [3.8, 4) is 0 Å². The molecule has 0 aliphatic heterocycles. The summed E-state index contributed by atoms with van der Waals surface area (Å²) in [6, 6.07) is 7.84. The van der Waals surface area contributed by atoms with Crippen LogP contribution in [0.15, 0.2) is 24.3 Å². The number of carbonyl (C=O) groups excluding carboxylic acids is 1. The van der Waals surface area contributed by atoms with Crippen LogP contribution in [0.2, 0.25) is 0 Å². The Morgan fingerprint density at radius 2 is 1.95 bits per heavy atom. The molecule has 5 heteroatoms. The van der Waals surface area contributed by atoms with Crippen molar-refractivity contribution >= 4 is 23.3 Å². The predicted octanol–water partition coefficient (Wildman–Crippen LogP) is 2.46. The van der Waals surface area contributed by atoms with Crippen molar-refractivity contribution in [3.05, 3.63) is 35.4 Å². The van der Waals surface area contributed by atoms with Crippen molar-refractivity contribution in [3.63, 3.8) is 0 Å². The molecule has 1 saturated carbocycles. The first kappa shape index (κ1) is 14.8. The van der Waals surface area contributed by atoms with Gasteiger partial charge in [0.2, 0.25) is 0 Å². The molecule has 2 rings (SSSR count). The molecule has 1 aromatic carbocycles. The Bertz CT molecular complexity index is 481. The van der Waals surface area contributed by atoms with Crippen LogP contribution in [0.4, 0.5) is 0 Å². The van der Waals surface area contributed by atoms with E-state index in [4.69, 9.17) is 18.0 Å². The molecule has 0 unspecified atom stereocenters. The highest BCUT2D eigenvalue weighted by Gasteiger charge is 2.23. The lowest BCUT2D eigenvalue weighted by Gasteiger charge is -2.29. The number of esters is 1. The van der Waals surface area contributed by atoms with E-state index in [2.05, 4.69) is 9.64 Å². The average Bonchev–Trinajstić information content (AvgIpc) is 2.98. The van der Waals surface area contributed by atoms with E-state index in [1.54, 1.807) is 12.1 Å². The third-order valence-corrected chi connectivity index (χ3v) is 4.01. The van der Waals surface area contributed by atoms with Gasteiger partial charge >= 0.3 is 5.97 Å². The maximum Gasteiger partial charge on any atom is 0.337 e. The molecule has 1 aliphatic rings. The summed E-state index contributed by atoms with van der Waals surface area (Å²) in [6.07, 6.45) is 4.78. The molecule has 2 N–H and O–H groups in total. The summed E-state index contributed by atoms with van der Waals surface area (Å²) in [4.78, 5) is 13.5. The minimum absolute atomic E-state index is 0.321. The van der Waals surface area contributed by atoms with Crippen LogP contribution in [0.25, 0.3) is 0 Å². The quantitative estimate of drug-likeness (QED) is 0.682. The van der Waals surface area contributed by atoms with Gasteiger partial charge in [0.25, 0.3) is 0 Å². The monoisotopic (exact) mass is 292 g/mol. The standard InChI is InChI=1S/C15H20N2O2S/c1-19-14(18)12-8-6-11(7-9-12)10-17(15(16)20)13-4-2-3-5-13/h6-9,13H,2-5,10H2,1H3,(H2,16,20). The van der Waals surface area contributed by atoms with E-state index in [0.29, 0.717) is 23.3 Å². The van der Waals surface area contributed by atoms with Gasteiger partial charge in [0.05, 0.1) is 12.7 Å². The number of rotatable bonds is 4. The predicted molar refractivity (Wildman–Crippen MR) is 82.4 cm³/mol. The molecule has 4 nitrogen and oxygen atoms in total. The van der Waals surface area contributed by atoms with Crippen LogP contribution in [-0.2, 0) is 11.3 Å². The molecule has 0 saturated heterocycles. The Morgan fingerprint density at radius 1 is 1.35 bits per heavy atom. The lowest BCUT2D eigenvalue weighted by Crippen LogP contribution is -2.41. The van der Waals surface area contributed by atoms with Crippen LogP contribution in [0.1, 0.15) is 41.6 Å². The number of benzene rings is 1. The van der Waals surface area contributed by atoms with Crippen LogP contribution in [0.5, 0.6) is 0 Å². The third-order valence-electron chi connectivity index (χ3n) is 3.78. The Balaban J connectivity index is 2.06. The molecule has 0 radical (unpaired) electrons. The summed E-state index contributed by atoms with van der Waals surface area (Å²) in [5, 5.41) is 0.453. The van der Waals surface area contributed by atoms with E-state index >= 15 is 0 Å². The van der Waals surface area contributed by atoms with Crippen LogP contribution >= 0.6 is 12.2 Å². The van der Waals surface area contributed by atoms with Crippen LogP contribution in [0.3, 0.4) is 0 Å². The Morgan fingerprint density at radius 3 is 2.45 bits per heavy atom. The van der Waals surface area contributed by atoms with Crippen LogP contribution in [0, 0.1) is 0 Å². The van der Waals surface area contributed by atoms with E-state index < -0.39 is 0 Å². The van der Waals surface area contributed by atoms with Gasteiger partial charge in [0.15, 0.2) is 5.11 Å². The number of methoxy groups -OCH3 is 1. The van der Waals surface area contributed by atoms with Gasteiger partial charge in [0.1, 0.15) is 0 Å². The van der Waals surface area contributed by atoms with Gasteiger partial charge in [-0.2, -0.15) is 0 Å². The highest BCUT2D eigenvalue weighted by Crippen LogP contribution is 2.25. The second-order valence-electron chi connectivity index (χ2n) is 5.09. The van der Waals surface area contributed by atoms with Gasteiger partial charge in [-0.25, -0.2) is 4.79 Å². The first-order valence-corrected chi connectivity index (χ1v) is 7.26. The maximum atomic E-state index is 11.4. The highest BCUT2D eigenvalue weighted by molar-refractivity contribution is 7.80. The fourth-order valence-corrected chi connectivity index (χ4v) is 2.88. The first-order valence-electron chi connectivity index (χ1n) is 6.85. The molecule has 0 spiro atoms. The largest absolute Gasteiger partial charge is 0.465 e. The Hall–Kier alpha value is -1.62. The zero-order valence-corrected chi connectivity index (χ0v) is 12.5. The second-order valence-corrected chi connectivity index (χ2v) is 5.51. The fraction of sp³-hybridized carbons (Fsp3) is 0.467. The molecule has 0 amide bonds. The zero-order chi connectivity index (χ0) is 14.5. The molecule has 0 atom stereocenters. The number of ether oxygens (including phenoxy) is 1. The number of hydrogen-bond acceptors (Lipinski definition) is 3. The Labute approximate surface area is 124 Å². The molecule has 0 aromatic heterocycles. The van der Waals surface area contributed by atoms with Gasteiger partial charge in [-0.15, -0.1) is 0 Å². The molecular formula is C15H20N2O2S. The lowest BCUT2D eigenvalue weighted by molar-refractivity contribution is 0.0600. The topological polar surface area (TPSA) is 55.6 Å². The summed E-state index contributed by atoms with van der Waals surface area (Å²) in [5.74, 6) is -0.321. The molecule has 0 heterocycles. The van der Waals surface area contributed by atoms with E-state index in [-0.39, 0.29) is 5.97 Å². The number of carbonyl (C=O) groups is 1. The van der Waals surface area contributed by atoms with Crippen LogP contribution < -0.4 is 5.73 Å². The van der Waals surface area contributed by atoms with E-state index in [1.807, 2.05) is 12.1 Å². The number of nitrogens with zero attached hydrogens (tertiary/aromatic N) is 1. The summed E-state index contributed by atoms with van der Waals surface area (Å²) in [5.41, 5.74) is 7.50. The summed E-state index contributed by atoms with van der Waals surface area (Å²) in [7, 11) is 1.38. The molecule has 1 fully saturated rings. The molecule has 1 aliphatic carbocycles. The van der Waals surface area contributed by atoms with Gasteiger partial charge in [-0.05, 0) is 42.8 Å². The van der Waals surface area contributed by atoms with Gasteiger partial charge in [-0.3, -0.25) is 0 Å². The van der Waals surface area contributed by atoms with Gasteiger partial charge in [0, 0.05) is 12.6 Å². The Kier molecular flexibility index (Phi) is 4.95. The average molecular weight is 292 g/mol. The van der Waals surface area contributed by atoms with Crippen molar-refractivity contribution in [2.24, 2.45) is 5.73 Å². The molecule has 1 aromatic rings. The summed E-state index contributed by atoms with van der Waals surface area (Å²) in [6.45, 7) is 0.696. The van der Waals surface area contributed by atoms with E-state index in [0.717, 1.165) is 18.4 Å².